The molecule has 0 aliphatic carbocycles. The summed E-state index contributed by atoms with van der Waals surface area (Å²) in [6.07, 6.45) is 1.05. The van der Waals surface area contributed by atoms with Crippen molar-refractivity contribution < 1.29 is 14.7 Å². The fourth-order valence-corrected chi connectivity index (χ4v) is 1.98. The fraction of sp³-hybridized carbons (Fsp3) is 0.118. The largest absolute Gasteiger partial charge is 0.508 e. The first kappa shape index (κ1) is 17.5. The van der Waals surface area contributed by atoms with E-state index in [1.807, 2.05) is 6.92 Å². The highest BCUT2D eigenvalue weighted by Crippen LogP contribution is 2.19. The molecule has 0 saturated heterocycles. The minimum atomic E-state index is -0.541. The van der Waals surface area contributed by atoms with E-state index in [4.69, 9.17) is 16.7 Å². The Morgan fingerprint density at radius 2 is 1.88 bits per heavy atom. The third kappa shape index (κ3) is 5.40. The van der Waals surface area contributed by atoms with Gasteiger partial charge in [0.1, 0.15) is 12.2 Å². The van der Waals surface area contributed by atoms with E-state index < -0.39 is 11.8 Å². The third-order valence-corrected chi connectivity index (χ3v) is 3.48. The molecule has 6 nitrogen and oxygen atoms in total. The van der Waals surface area contributed by atoms with E-state index in [0.29, 0.717) is 16.3 Å². The molecule has 2 aromatic carbocycles. The van der Waals surface area contributed by atoms with Crippen LogP contribution in [0.4, 0.5) is 5.69 Å². The molecule has 0 spiro atoms. The predicted molar refractivity (Wildman–Crippen MR) is 93.3 cm³/mol. The SMILES string of the molecule is Cc1ccc(NC(=O)CC(=O)NN=Cc2ccc(O)cc2)cc1Cl. The van der Waals surface area contributed by atoms with Crippen molar-refractivity contribution in [2.24, 2.45) is 5.10 Å². The molecule has 0 aliphatic rings. The zero-order valence-corrected chi connectivity index (χ0v) is 13.7. The van der Waals surface area contributed by atoms with E-state index in [2.05, 4.69) is 15.8 Å². The fourth-order valence-electron chi connectivity index (χ4n) is 1.80. The van der Waals surface area contributed by atoms with Crippen molar-refractivity contribution >= 4 is 35.3 Å². The van der Waals surface area contributed by atoms with Crippen molar-refractivity contribution in [2.45, 2.75) is 13.3 Å². The first-order chi connectivity index (χ1) is 11.4. The molecule has 7 heteroatoms. The number of halogens is 1. The van der Waals surface area contributed by atoms with Crippen LogP contribution in [-0.4, -0.2) is 23.1 Å². The number of aromatic hydroxyl groups is 1. The molecule has 0 aromatic heterocycles. The minimum absolute atomic E-state index is 0.143. The van der Waals surface area contributed by atoms with Crippen LogP contribution in [-0.2, 0) is 9.59 Å². The molecule has 24 heavy (non-hydrogen) atoms. The van der Waals surface area contributed by atoms with E-state index in [1.165, 1.54) is 18.3 Å². The number of nitrogens with one attached hydrogen (secondary N) is 2. The molecule has 2 aromatic rings. The maximum absolute atomic E-state index is 11.8. The maximum Gasteiger partial charge on any atom is 0.249 e. The van der Waals surface area contributed by atoms with Gasteiger partial charge in [-0.2, -0.15) is 5.10 Å². The maximum atomic E-state index is 11.8. The van der Waals surface area contributed by atoms with E-state index in [1.54, 1.807) is 30.3 Å². The molecule has 2 rings (SSSR count). The van der Waals surface area contributed by atoms with E-state index >= 15 is 0 Å². The highest BCUT2D eigenvalue weighted by atomic mass is 35.5. The average Bonchev–Trinajstić information content (AvgIpc) is 2.53. The molecule has 0 fully saturated rings. The lowest BCUT2D eigenvalue weighted by Gasteiger charge is -2.06. The van der Waals surface area contributed by atoms with Crippen LogP contribution in [0, 0.1) is 6.92 Å². The number of rotatable bonds is 5. The lowest BCUT2D eigenvalue weighted by Crippen LogP contribution is -2.24. The summed E-state index contributed by atoms with van der Waals surface area (Å²) in [5.41, 5.74) is 4.39. The Bertz CT molecular complexity index is 773. The molecule has 0 saturated carbocycles. The van der Waals surface area contributed by atoms with Gasteiger partial charge in [0.05, 0.1) is 6.21 Å². The smallest absolute Gasteiger partial charge is 0.249 e. The van der Waals surface area contributed by atoms with Crippen molar-refractivity contribution in [1.29, 1.82) is 0 Å². The first-order valence-corrected chi connectivity index (χ1v) is 7.49. The van der Waals surface area contributed by atoms with Gasteiger partial charge in [-0.15, -0.1) is 0 Å². The average molecular weight is 346 g/mol. The second-order valence-corrected chi connectivity index (χ2v) is 5.48. The number of anilines is 1. The standard InChI is InChI=1S/C17H16ClN3O3/c1-11-2-5-13(8-15(11)18)20-16(23)9-17(24)21-19-10-12-3-6-14(22)7-4-12/h2-8,10,22H,9H2,1H3,(H,20,23)(H,21,24). The second kappa shape index (κ2) is 8.12. The quantitative estimate of drug-likeness (QED) is 0.442. The van der Waals surface area contributed by atoms with Crippen molar-refractivity contribution in [3.8, 4) is 5.75 Å². The first-order valence-electron chi connectivity index (χ1n) is 7.11. The van der Waals surface area contributed by atoms with Crippen molar-refractivity contribution in [2.75, 3.05) is 5.32 Å². The van der Waals surface area contributed by atoms with Gasteiger partial charge in [0.15, 0.2) is 0 Å². The summed E-state index contributed by atoms with van der Waals surface area (Å²) < 4.78 is 0. The monoisotopic (exact) mass is 345 g/mol. The molecule has 0 radical (unpaired) electrons. The van der Waals surface area contributed by atoms with Gasteiger partial charge in [0.25, 0.3) is 0 Å². The Hall–Kier alpha value is -2.86. The van der Waals surface area contributed by atoms with Crippen LogP contribution in [0.15, 0.2) is 47.6 Å². The van der Waals surface area contributed by atoms with E-state index in [-0.39, 0.29) is 12.2 Å². The number of benzene rings is 2. The Labute approximate surface area is 144 Å². The second-order valence-electron chi connectivity index (χ2n) is 5.07. The van der Waals surface area contributed by atoms with E-state index in [9.17, 15) is 9.59 Å². The summed E-state index contributed by atoms with van der Waals surface area (Å²) in [5.74, 6) is -0.864. The van der Waals surface area contributed by atoms with E-state index in [0.717, 1.165) is 5.56 Å². The number of aryl methyl sites for hydroxylation is 1. The molecule has 0 unspecified atom stereocenters. The van der Waals surface area contributed by atoms with Gasteiger partial charge in [0, 0.05) is 10.7 Å². The topological polar surface area (TPSA) is 90.8 Å². The molecule has 0 bridgehead atoms. The number of carbonyl (C=O) groups excluding carboxylic acids is 2. The van der Waals surface area contributed by atoms with Gasteiger partial charge in [-0.25, -0.2) is 5.43 Å². The highest BCUT2D eigenvalue weighted by molar-refractivity contribution is 6.31. The normalized spacial score (nSPS) is 10.6. The molecule has 124 valence electrons. The predicted octanol–water partition coefficient (Wildman–Crippen LogP) is 2.83. The minimum Gasteiger partial charge on any atom is -0.508 e. The summed E-state index contributed by atoms with van der Waals surface area (Å²) in [5, 5.41) is 16.0. The number of phenolic OH excluding ortho intramolecular Hbond substituents is 1. The van der Waals surface area contributed by atoms with Crippen molar-refractivity contribution in [1.82, 2.24) is 5.43 Å². The summed E-state index contributed by atoms with van der Waals surface area (Å²) in [7, 11) is 0. The van der Waals surface area contributed by atoms with Gasteiger partial charge < -0.3 is 10.4 Å². The molecule has 0 atom stereocenters. The summed E-state index contributed by atoms with van der Waals surface area (Å²) in [6, 6.07) is 11.4. The Balaban J connectivity index is 1.81. The van der Waals surface area contributed by atoms with Crippen molar-refractivity contribution in [3.05, 3.63) is 58.6 Å². The number of hydrogen-bond donors (Lipinski definition) is 3. The third-order valence-electron chi connectivity index (χ3n) is 3.07. The number of phenols is 1. The summed E-state index contributed by atoms with van der Waals surface area (Å²) >= 11 is 5.97. The Morgan fingerprint density at radius 3 is 2.54 bits per heavy atom. The van der Waals surface area contributed by atoms with Crippen LogP contribution < -0.4 is 10.7 Å². The number of nitrogens with zero attached hydrogens (tertiary/aromatic N) is 1. The van der Waals surface area contributed by atoms with Crippen molar-refractivity contribution in [3.63, 3.8) is 0 Å². The number of hydrogen-bond acceptors (Lipinski definition) is 4. The number of hydrazone groups is 1. The zero-order valence-electron chi connectivity index (χ0n) is 12.9. The number of amides is 2. The van der Waals surface area contributed by atoms with Crippen LogP contribution in [0.25, 0.3) is 0 Å². The zero-order chi connectivity index (χ0) is 17.5. The number of carbonyl (C=O) groups is 2. The van der Waals surface area contributed by atoms with Gasteiger partial charge >= 0.3 is 0 Å². The highest BCUT2D eigenvalue weighted by Gasteiger charge is 2.09. The van der Waals surface area contributed by atoms with Gasteiger partial charge in [-0.05, 0) is 54.4 Å². The molecule has 2 amide bonds. The van der Waals surface area contributed by atoms with Crippen LogP contribution in [0.3, 0.4) is 0 Å². The Kier molecular flexibility index (Phi) is 5.92. The van der Waals surface area contributed by atoms with Crippen LogP contribution >= 0.6 is 11.6 Å². The van der Waals surface area contributed by atoms with Crippen LogP contribution in [0.1, 0.15) is 17.5 Å². The molecular weight excluding hydrogens is 330 g/mol. The van der Waals surface area contributed by atoms with Gasteiger partial charge in [-0.3, -0.25) is 9.59 Å². The summed E-state index contributed by atoms with van der Waals surface area (Å²) in [4.78, 5) is 23.5. The summed E-state index contributed by atoms with van der Waals surface area (Å²) in [6.45, 7) is 1.85. The van der Waals surface area contributed by atoms with Gasteiger partial charge in [-0.1, -0.05) is 17.7 Å². The molecule has 3 N–H and O–H groups in total. The molecule has 0 heterocycles. The molecular formula is C17H16ClN3O3. The van der Waals surface area contributed by atoms with Gasteiger partial charge in [0.2, 0.25) is 11.8 Å². The van der Waals surface area contributed by atoms with Crippen LogP contribution in [0.2, 0.25) is 5.02 Å². The lowest BCUT2D eigenvalue weighted by atomic mass is 10.2. The lowest BCUT2D eigenvalue weighted by molar-refractivity contribution is -0.126. The molecule has 0 aliphatic heterocycles. The Morgan fingerprint density at radius 1 is 1.17 bits per heavy atom. The van der Waals surface area contributed by atoms with Crippen LogP contribution in [0.5, 0.6) is 5.75 Å².